The van der Waals surface area contributed by atoms with Gasteiger partial charge in [0, 0.05) is 19.3 Å². The molecule has 0 aliphatic heterocycles. The number of esters is 1. The Hall–Kier alpha value is -3.65. The third-order valence-corrected chi connectivity index (χ3v) is 7.47. The molecule has 3 rings (SSSR count). The van der Waals surface area contributed by atoms with Gasteiger partial charge in [0.15, 0.2) is 6.10 Å². The van der Waals surface area contributed by atoms with E-state index >= 15 is 0 Å². The summed E-state index contributed by atoms with van der Waals surface area (Å²) in [5.41, 5.74) is 1.74. The summed E-state index contributed by atoms with van der Waals surface area (Å²) in [6, 6.07) is 22.1. The molecule has 7 nitrogen and oxygen atoms in total. The van der Waals surface area contributed by atoms with Gasteiger partial charge in [0.25, 0.3) is 15.9 Å². The van der Waals surface area contributed by atoms with Crippen LogP contribution in [0.25, 0.3) is 0 Å². The topological polar surface area (TPSA) is 84.0 Å². The van der Waals surface area contributed by atoms with Crippen molar-refractivity contribution in [1.29, 1.82) is 0 Å². The molecule has 0 saturated carbocycles. The van der Waals surface area contributed by atoms with Crippen molar-refractivity contribution in [2.24, 2.45) is 0 Å². The molecule has 0 saturated heterocycles. The number of nitrogens with zero attached hydrogens (tertiary/aromatic N) is 2. The van der Waals surface area contributed by atoms with Crippen LogP contribution in [0.5, 0.6) is 0 Å². The third kappa shape index (κ3) is 5.28. The standard InChI is InChI=1S/C26H28N2O5S/c1-5-28(23-14-10-7-11-15-23)34(31,32)24-18-21(17-16-19(24)2)26(30)33-20(3)25(29)27(4)22-12-8-6-9-13-22/h6-18,20H,5H2,1-4H3/t20-/m0/s1. The Kier molecular flexibility index (Phi) is 7.73. The molecule has 0 spiro atoms. The zero-order valence-corrected chi connectivity index (χ0v) is 20.5. The minimum Gasteiger partial charge on any atom is -0.449 e. The minimum absolute atomic E-state index is 0.00744. The Morgan fingerprint density at radius 2 is 1.47 bits per heavy atom. The first-order valence-corrected chi connectivity index (χ1v) is 12.3. The van der Waals surface area contributed by atoms with Gasteiger partial charge >= 0.3 is 5.97 Å². The van der Waals surface area contributed by atoms with E-state index < -0.39 is 28.0 Å². The summed E-state index contributed by atoms with van der Waals surface area (Å²) in [5.74, 6) is -1.18. The molecule has 34 heavy (non-hydrogen) atoms. The molecule has 0 bridgehead atoms. The zero-order valence-electron chi connectivity index (χ0n) is 19.6. The number of sulfonamides is 1. The van der Waals surface area contributed by atoms with E-state index in [-0.39, 0.29) is 17.0 Å². The summed E-state index contributed by atoms with van der Waals surface area (Å²) in [4.78, 5) is 27.0. The first-order chi connectivity index (χ1) is 16.2. The second-order valence-corrected chi connectivity index (χ2v) is 9.60. The smallest absolute Gasteiger partial charge is 0.338 e. The second kappa shape index (κ2) is 10.5. The highest BCUT2D eigenvalue weighted by molar-refractivity contribution is 7.92. The van der Waals surface area contributed by atoms with Gasteiger partial charge in [0.2, 0.25) is 0 Å². The van der Waals surface area contributed by atoms with Crippen LogP contribution in [0.4, 0.5) is 11.4 Å². The summed E-state index contributed by atoms with van der Waals surface area (Å²) < 4.78 is 33.6. The van der Waals surface area contributed by atoms with Crippen molar-refractivity contribution in [3.05, 3.63) is 90.0 Å². The number of benzene rings is 3. The van der Waals surface area contributed by atoms with Crippen LogP contribution in [-0.2, 0) is 19.6 Å². The molecule has 0 aliphatic rings. The van der Waals surface area contributed by atoms with Crippen molar-refractivity contribution in [1.82, 2.24) is 0 Å². The number of hydrogen-bond acceptors (Lipinski definition) is 5. The lowest BCUT2D eigenvalue weighted by molar-refractivity contribution is -0.126. The van der Waals surface area contributed by atoms with Gasteiger partial charge in [-0.2, -0.15) is 0 Å². The molecule has 0 heterocycles. The van der Waals surface area contributed by atoms with Gasteiger partial charge in [-0.1, -0.05) is 42.5 Å². The van der Waals surface area contributed by atoms with E-state index in [1.54, 1.807) is 75.5 Å². The summed E-state index contributed by atoms with van der Waals surface area (Å²) in [6.07, 6.45) is -1.06. The van der Waals surface area contributed by atoms with Gasteiger partial charge in [0.05, 0.1) is 16.1 Å². The van der Waals surface area contributed by atoms with Crippen molar-refractivity contribution in [3.63, 3.8) is 0 Å². The van der Waals surface area contributed by atoms with Gasteiger partial charge in [-0.3, -0.25) is 9.10 Å². The summed E-state index contributed by atoms with van der Waals surface area (Å²) in [6.45, 7) is 5.12. The van der Waals surface area contributed by atoms with E-state index in [0.717, 1.165) is 0 Å². The van der Waals surface area contributed by atoms with Crippen LogP contribution in [0.3, 0.4) is 0 Å². The number of para-hydroxylation sites is 2. The number of likely N-dealkylation sites (N-methyl/N-ethyl adjacent to an activating group) is 1. The molecule has 3 aromatic carbocycles. The van der Waals surface area contributed by atoms with Gasteiger partial charge in [0.1, 0.15) is 0 Å². The predicted molar refractivity (Wildman–Crippen MR) is 133 cm³/mol. The second-order valence-electron chi connectivity index (χ2n) is 7.77. The van der Waals surface area contributed by atoms with E-state index in [2.05, 4.69) is 0 Å². The van der Waals surface area contributed by atoms with Crippen molar-refractivity contribution < 1.29 is 22.7 Å². The number of rotatable bonds is 8. The van der Waals surface area contributed by atoms with Crippen LogP contribution in [0.1, 0.15) is 29.8 Å². The molecule has 178 valence electrons. The lowest BCUT2D eigenvalue weighted by Gasteiger charge is -2.24. The lowest BCUT2D eigenvalue weighted by Crippen LogP contribution is -2.37. The molecule has 0 fully saturated rings. The molecule has 0 N–H and O–H groups in total. The van der Waals surface area contributed by atoms with E-state index in [0.29, 0.717) is 16.9 Å². The molecule has 0 aromatic heterocycles. The normalized spacial score (nSPS) is 12.0. The van der Waals surface area contributed by atoms with Crippen molar-refractivity contribution >= 4 is 33.3 Å². The molecule has 0 radical (unpaired) electrons. The highest BCUT2D eigenvalue weighted by atomic mass is 32.2. The number of anilines is 2. The number of ether oxygens (including phenoxy) is 1. The summed E-state index contributed by atoms with van der Waals surface area (Å²) in [7, 11) is -2.34. The first-order valence-electron chi connectivity index (χ1n) is 10.9. The molecule has 1 amide bonds. The average molecular weight is 481 g/mol. The average Bonchev–Trinajstić information content (AvgIpc) is 2.84. The monoisotopic (exact) mass is 480 g/mol. The van der Waals surface area contributed by atoms with E-state index in [9.17, 15) is 18.0 Å². The van der Waals surface area contributed by atoms with E-state index in [4.69, 9.17) is 4.74 Å². The Morgan fingerprint density at radius 1 is 0.912 bits per heavy atom. The zero-order chi connectivity index (χ0) is 24.9. The molecular weight excluding hydrogens is 452 g/mol. The van der Waals surface area contributed by atoms with Crippen molar-refractivity contribution in [3.8, 4) is 0 Å². The van der Waals surface area contributed by atoms with Crippen molar-refractivity contribution in [2.45, 2.75) is 31.8 Å². The van der Waals surface area contributed by atoms with Crippen LogP contribution >= 0.6 is 0 Å². The van der Waals surface area contributed by atoms with Crippen molar-refractivity contribution in [2.75, 3.05) is 22.8 Å². The fraction of sp³-hybridized carbons (Fsp3) is 0.231. The largest absolute Gasteiger partial charge is 0.449 e. The Bertz CT molecular complexity index is 1260. The first kappa shape index (κ1) is 25.0. The van der Waals surface area contributed by atoms with Gasteiger partial charge in [-0.15, -0.1) is 0 Å². The SMILES string of the molecule is CCN(c1ccccc1)S(=O)(=O)c1cc(C(=O)O[C@@H](C)C(=O)N(C)c2ccccc2)ccc1C. The fourth-order valence-electron chi connectivity index (χ4n) is 3.54. The Morgan fingerprint density at radius 3 is 2.03 bits per heavy atom. The Balaban J connectivity index is 1.84. The quantitative estimate of drug-likeness (QED) is 0.446. The van der Waals surface area contributed by atoms with Gasteiger partial charge < -0.3 is 9.64 Å². The van der Waals surface area contributed by atoms with Gasteiger partial charge in [-0.25, -0.2) is 13.2 Å². The van der Waals surface area contributed by atoms with E-state index in [1.165, 1.54) is 28.3 Å². The number of carbonyl (C=O) groups is 2. The van der Waals surface area contributed by atoms with E-state index in [1.807, 2.05) is 12.1 Å². The fourth-order valence-corrected chi connectivity index (χ4v) is 5.27. The molecular formula is C26H28N2O5S. The lowest BCUT2D eigenvalue weighted by atomic mass is 10.1. The van der Waals surface area contributed by atoms with Crippen LogP contribution < -0.4 is 9.21 Å². The molecule has 1 atom stereocenters. The van der Waals surface area contributed by atoms with Crippen LogP contribution in [0.2, 0.25) is 0 Å². The summed E-state index contributed by atoms with van der Waals surface area (Å²) >= 11 is 0. The maximum Gasteiger partial charge on any atom is 0.338 e. The highest BCUT2D eigenvalue weighted by Crippen LogP contribution is 2.26. The maximum absolute atomic E-state index is 13.4. The molecule has 3 aromatic rings. The summed E-state index contributed by atoms with van der Waals surface area (Å²) in [5, 5.41) is 0. The van der Waals surface area contributed by atoms with Crippen LogP contribution in [-0.4, -0.2) is 40.0 Å². The predicted octanol–water partition coefficient (Wildman–Crippen LogP) is 4.42. The maximum atomic E-state index is 13.4. The van der Waals surface area contributed by atoms with Crippen LogP contribution in [0, 0.1) is 6.92 Å². The highest BCUT2D eigenvalue weighted by Gasteiger charge is 2.28. The molecule has 8 heteroatoms. The Labute approximate surface area is 200 Å². The number of carbonyl (C=O) groups excluding carboxylic acids is 2. The number of hydrogen-bond donors (Lipinski definition) is 0. The van der Waals surface area contributed by atoms with Crippen LogP contribution in [0.15, 0.2) is 83.8 Å². The minimum atomic E-state index is -3.93. The number of amides is 1. The third-order valence-electron chi connectivity index (χ3n) is 5.43. The molecule has 0 unspecified atom stereocenters. The number of aryl methyl sites for hydroxylation is 1. The molecule has 0 aliphatic carbocycles. The van der Waals surface area contributed by atoms with Gasteiger partial charge in [-0.05, 0) is 62.7 Å².